The predicted octanol–water partition coefficient (Wildman–Crippen LogP) is 0.333. The van der Waals surface area contributed by atoms with Gasteiger partial charge in [0.2, 0.25) is 0 Å². The second-order valence-corrected chi connectivity index (χ2v) is 3.17. The average molecular weight is 241 g/mol. The third-order valence-electron chi connectivity index (χ3n) is 1.53. The van der Waals surface area contributed by atoms with Gasteiger partial charge in [-0.3, -0.25) is 10.1 Å². The van der Waals surface area contributed by atoms with Crippen LogP contribution in [0.25, 0.3) is 0 Å². The molecule has 84 valence electrons. The number of halogens is 1. The maximum absolute atomic E-state index is 11.2. The number of imide groups is 1. The molecular weight excluding hydrogens is 232 g/mol. The van der Waals surface area contributed by atoms with Crippen molar-refractivity contribution in [2.75, 3.05) is 0 Å². The first-order valence-electron chi connectivity index (χ1n) is 4.18. The van der Waals surface area contributed by atoms with Gasteiger partial charge in [-0.2, -0.15) is 0 Å². The number of urea groups is 1. The topological polar surface area (TPSA) is 96.6 Å². The molecule has 0 aromatic carbocycles. The maximum Gasteiger partial charge on any atom is 0.326 e. The molecule has 0 aliphatic carbocycles. The van der Waals surface area contributed by atoms with E-state index in [-0.39, 0.29) is 10.9 Å². The summed E-state index contributed by atoms with van der Waals surface area (Å²) < 4.78 is 0. The molecule has 0 aromatic rings. The molecular formula is C9H9ClN4O2. The monoisotopic (exact) mass is 240 g/mol. The average Bonchev–Trinajstić information content (AvgIpc) is 2.44. The van der Waals surface area contributed by atoms with E-state index >= 15 is 0 Å². The molecule has 1 saturated heterocycles. The zero-order valence-corrected chi connectivity index (χ0v) is 8.91. The second kappa shape index (κ2) is 5.13. The van der Waals surface area contributed by atoms with Crippen molar-refractivity contribution < 1.29 is 9.59 Å². The van der Waals surface area contributed by atoms with Crippen molar-refractivity contribution in [1.82, 2.24) is 10.6 Å². The first-order chi connectivity index (χ1) is 7.52. The quantitative estimate of drug-likeness (QED) is 0.287. The fraction of sp³-hybridized carbons (Fsp3) is 0. The Morgan fingerprint density at radius 1 is 1.44 bits per heavy atom. The number of hydrogen-bond donors (Lipinski definition) is 3. The lowest BCUT2D eigenvalue weighted by Gasteiger charge is -1.95. The van der Waals surface area contributed by atoms with E-state index < -0.39 is 11.9 Å². The smallest absolute Gasteiger partial charge is 0.326 e. The Hall–Kier alpha value is -2.08. The molecule has 7 heteroatoms. The fourth-order valence-corrected chi connectivity index (χ4v) is 1.08. The maximum atomic E-state index is 11.2. The molecule has 16 heavy (non-hydrogen) atoms. The minimum absolute atomic E-state index is 0.0367. The van der Waals surface area contributed by atoms with Crippen LogP contribution in [0.3, 0.4) is 0 Å². The highest BCUT2D eigenvalue weighted by Crippen LogP contribution is 2.04. The molecule has 1 aliphatic rings. The number of hydrogen-bond acceptors (Lipinski definition) is 4. The molecule has 0 unspecified atom stereocenters. The molecule has 4 N–H and O–H groups in total. The van der Waals surface area contributed by atoms with Gasteiger partial charge in [0.05, 0.1) is 5.71 Å². The van der Waals surface area contributed by atoms with E-state index in [1.54, 1.807) is 0 Å². The van der Waals surface area contributed by atoms with E-state index in [0.29, 0.717) is 5.71 Å². The fourth-order valence-electron chi connectivity index (χ4n) is 0.987. The minimum Gasteiger partial charge on any atom is -0.405 e. The molecule has 0 aromatic heterocycles. The largest absolute Gasteiger partial charge is 0.405 e. The normalized spacial score (nSPS) is 19.1. The standard InChI is InChI=1S/C9H9ClN4O2/c1-5(10)12-6(2-3-11)4-7-8(15)14-9(16)13-7/h2-4H,1,11H2,(H2,13,14,15,16)/b3-2-,7-4-,12-6+. The number of carbonyl (C=O) groups is 2. The van der Waals surface area contributed by atoms with Gasteiger partial charge in [0.15, 0.2) is 0 Å². The van der Waals surface area contributed by atoms with Crippen LogP contribution in [0.15, 0.2) is 40.8 Å². The third kappa shape index (κ3) is 3.25. The summed E-state index contributed by atoms with van der Waals surface area (Å²) in [5, 5.41) is 4.38. The Labute approximate surface area is 96.5 Å². The van der Waals surface area contributed by atoms with Crippen LogP contribution in [-0.4, -0.2) is 17.6 Å². The minimum atomic E-state index is -0.586. The Morgan fingerprint density at radius 2 is 2.12 bits per heavy atom. The highest BCUT2D eigenvalue weighted by atomic mass is 35.5. The number of aliphatic imine (C=N–C) groups is 1. The Bertz CT molecular complexity index is 437. The molecule has 1 rings (SSSR count). The van der Waals surface area contributed by atoms with Gasteiger partial charge in [-0.05, 0) is 18.4 Å². The molecule has 1 fully saturated rings. The Kier molecular flexibility index (Phi) is 3.84. The Balaban J connectivity index is 2.99. The van der Waals surface area contributed by atoms with Crippen molar-refractivity contribution in [3.63, 3.8) is 0 Å². The van der Waals surface area contributed by atoms with E-state index in [4.69, 9.17) is 17.3 Å². The van der Waals surface area contributed by atoms with Crippen LogP contribution in [0.4, 0.5) is 4.79 Å². The first-order valence-corrected chi connectivity index (χ1v) is 4.56. The summed E-state index contributed by atoms with van der Waals surface area (Å²) in [6, 6.07) is -0.586. The number of nitrogens with one attached hydrogen (secondary N) is 2. The van der Waals surface area contributed by atoms with E-state index in [2.05, 4.69) is 16.9 Å². The lowest BCUT2D eigenvalue weighted by molar-refractivity contribution is -0.115. The number of carbonyl (C=O) groups excluding carboxylic acids is 2. The molecule has 6 nitrogen and oxygen atoms in total. The van der Waals surface area contributed by atoms with Crippen molar-refractivity contribution in [3.8, 4) is 0 Å². The SMILES string of the molecule is C=C(Cl)/N=C(\C=C/N)/C=C1\NC(=O)NC1=O. The summed E-state index contributed by atoms with van der Waals surface area (Å²) in [6.45, 7) is 3.37. The first kappa shape index (κ1) is 12.0. The summed E-state index contributed by atoms with van der Waals surface area (Å²) in [6.07, 6.45) is 3.97. The summed E-state index contributed by atoms with van der Waals surface area (Å²) in [5.41, 5.74) is 5.56. The van der Waals surface area contributed by atoms with Crippen LogP contribution in [-0.2, 0) is 4.79 Å². The van der Waals surface area contributed by atoms with Crippen molar-refractivity contribution in [3.05, 3.63) is 35.8 Å². The zero-order chi connectivity index (χ0) is 12.1. The summed E-state index contributed by atoms with van der Waals surface area (Å²) in [5.74, 6) is -0.539. The van der Waals surface area contributed by atoms with Crippen LogP contribution in [0, 0.1) is 0 Å². The Morgan fingerprint density at radius 3 is 2.56 bits per heavy atom. The molecule has 0 bridgehead atoms. The number of nitrogens with two attached hydrogens (primary N) is 1. The van der Waals surface area contributed by atoms with Gasteiger partial charge in [0.1, 0.15) is 10.9 Å². The van der Waals surface area contributed by atoms with Crippen LogP contribution >= 0.6 is 11.6 Å². The van der Waals surface area contributed by atoms with E-state index in [1.165, 1.54) is 18.4 Å². The van der Waals surface area contributed by atoms with Gasteiger partial charge >= 0.3 is 6.03 Å². The van der Waals surface area contributed by atoms with Crippen molar-refractivity contribution in [1.29, 1.82) is 0 Å². The van der Waals surface area contributed by atoms with Gasteiger partial charge in [0, 0.05) is 0 Å². The van der Waals surface area contributed by atoms with Gasteiger partial charge in [-0.15, -0.1) is 0 Å². The number of nitrogens with zero attached hydrogens (tertiary/aromatic N) is 1. The highest BCUT2D eigenvalue weighted by Gasteiger charge is 2.22. The lowest BCUT2D eigenvalue weighted by atomic mass is 10.3. The van der Waals surface area contributed by atoms with Crippen LogP contribution < -0.4 is 16.4 Å². The summed E-state index contributed by atoms with van der Waals surface area (Å²) in [7, 11) is 0. The number of allylic oxidation sites excluding steroid dienone is 2. The second-order valence-electron chi connectivity index (χ2n) is 2.74. The van der Waals surface area contributed by atoms with E-state index in [0.717, 1.165) is 0 Å². The van der Waals surface area contributed by atoms with Gasteiger partial charge in [-0.1, -0.05) is 18.2 Å². The molecule has 1 aliphatic heterocycles. The van der Waals surface area contributed by atoms with Crippen LogP contribution in [0.5, 0.6) is 0 Å². The van der Waals surface area contributed by atoms with Crippen LogP contribution in [0.2, 0.25) is 0 Å². The van der Waals surface area contributed by atoms with Crippen molar-refractivity contribution >= 4 is 29.3 Å². The molecule has 1 heterocycles. The van der Waals surface area contributed by atoms with Gasteiger partial charge < -0.3 is 11.1 Å². The van der Waals surface area contributed by atoms with Crippen LogP contribution in [0.1, 0.15) is 0 Å². The number of amides is 3. The van der Waals surface area contributed by atoms with Gasteiger partial charge in [-0.25, -0.2) is 9.79 Å². The van der Waals surface area contributed by atoms with E-state index in [1.807, 2.05) is 5.32 Å². The molecule has 0 saturated carbocycles. The van der Waals surface area contributed by atoms with Crippen molar-refractivity contribution in [2.45, 2.75) is 0 Å². The van der Waals surface area contributed by atoms with Crippen molar-refractivity contribution in [2.24, 2.45) is 10.7 Å². The molecule has 0 radical (unpaired) electrons. The zero-order valence-electron chi connectivity index (χ0n) is 8.16. The summed E-state index contributed by atoms with van der Waals surface area (Å²) in [4.78, 5) is 25.8. The molecule has 3 amide bonds. The number of rotatable bonds is 3. The molecule has 0 atom stereocenters. The van der Waals surface area contributed by atoms with E-state index in [9.17, 15) is 9.59 Å². The molecule has 0 spiro atoms. The summed E-state index contributed by atoms with van der Waals surface area (Å²) >= 11 is 5.48. The highest BCUT2D eigenvalue weighted by molar-refractivity contribution is 6.30. The van der Waals surface area contributed by atoms with Gasteiger partial charge in [0.25, 0.3) is 5.91 Å². The predicted molar refractivity (Wildman–Crippen MR) is 60.5 cm³/mol. The third-order valence-corrected chi connectivity index (χ3v) is 1.61. The lowest BCUT2D eigenvalue weighted by Crippen LogP contribution is -2.22.